The predicted octanol–water partition coefficient (Wildman–Crippen LogP) is 3.38. The zero-order valence-corrected chi connectivity index (χ0v) is 20.7. The lowest BCUT2D eigenvalue weighted by Gasteiger charge is -2.38. The molecule has 2 unspecified atom stereocenters. The largest absolute Gasteiger partial charge is 0.342 e. The van der Waals surface area contributed by atoms with Gasteiger partial charge in [-0.3, -0.25) is 9.59 Å². The first kappa shape index (κ1) is 24.5. The smallest absolute Gasteiger partial charge is 0.244 e. The van der Waals surface area contributed by atoms with E-state index in [2.05, 4.69) is 0 Å². The van der Waals surface area contributed by atoms with Gasteiger partial charge in [-0.15, -0.1) is 0 Å². The number of benzene rings is 1. The van der Waals surface area contributed by atoms with E-state index in [9.17, 15) is 18.0 Å². The molecule has 0 spiro atoms. The molecule has 2 amide bonds. The summed E-state index contributed by atoms with van der Waals surface area (Å²) in [4.78, 5) is 30.4. The summed E-state index contributed by atoms with van der Waals surface area (Å²) in [5, 5.41) is 0.192. The first-order chi connectivity index (χ1) is 15.9. The maximum absolute atomic E-state index is 13.4. The highest BCUT2D eigenvalue weighted by Gasteiger charge is 2.38. The Balaban J connectivity index is 1.41. The highest BCUT2D eigenvalue weighted by Crippen LogP contribution is 2.30. The summed E-state index contributed by atoms with van der Waals surface area (Å²) in [5.41, 5.74) is 0. The predicted molar refractivity (Wildman–Crippen MR) is 127 cm³/mol. The Kier molecular flexibility index (Phi) is 7.97. The fraction of sp³-hybridized carbons (Fsp3) is 0.667. The van der Waals surface area contributed by atoms with Crippen molar-refractivity contribution in [1.82, 2.24) is 14.1 Å². The molecule has 33 heavy (non-hydrogen) atoms. The van der Waals surface area contributed by atoms with Gasteiger partial charge in [-0.2, -0.15) is 4.31 Å². The molecular weight excluding hydrogens is 462 g/mol. The van der Waals surface area contributed by atoms with Gasteiger partial charge in [-0.25, -0.2) is 8.42 Å². The zero-order valence-electron chi connectivity index (χ0n) is 19.1. The van der Waals surface area contributed by atoms with Crippen molar-refractivity contribution in [1.29, 1.82) is 0 Å². The lowest BCUT2D eigenvalue weighted by atomic mass is 9.93. The molecule has 3 aliphatic rings. The second kappa shape index (κ2) is 10.7. The minimum absolute atomic E-state index is 0.0255. The molecule has 4 rings (SSSR count). The van der Waals surface area contributed by atoms with E-state index in [1.54, 1.807) is 23.1 Å². The van der Waals surface area contributed by atoms with Crippen LogP contribution in [0.25, 0.3) is 0 Å². The molecule has 3 aliphatic heterocycles. The van der Waals surface area contributed by atoms with Gasteiger partial charge in [0.05, 0.1) is 16.9 Å². The van der Waals surface area contributed by atoms with Gasteiger partial charge in [-0.1, -0.05) is 36.6 Å². The van der Waals surface area contributed by atoms with E-state index in [-0.39, 0.29) is 40.1 Å². The molecule has 0 N–H and O–H groups in total. The number of piperidine rings is 2. The van der Waals surface area contributed by atoms with Crippen molar-refractivity contribution in [2.45, 2.75) is 56.3 Å². The molecule has 0 aliphatic carbocycles. The average Bonchev–Trinajstić information content (AvgIpc) is 3.13. The third kappa shape index (κ3) is 5.54. The van der Waals surface area contributed by atoms with E-state index in [4.69, 9.17) is 11.6 Å². The van der Waals surface area contributed by atoms with Crippen LogP contribution in [-0.4, -0.2) is 73.6 Å². The number of sulfonamides is 1. The van der Waals surface area contributed by atoms with Gasteiger partial charge in [0.15, 0.2) is 0 Å². The number of likely N-dealkylation sites (tertiary alicyclic amines) is 2. The minimum atomic E-state index is -3.76. The maximum Gasteiger partial charge on any atom is 0.244 e. The average molecular weight is 496 g/mol. The number of nitrogens with zero attached hydrogens (tertiary/aromatic N) is 3. The van der Waals surface area contributed by atoms with E-state index < -0.39 is 10.0 Å². The number of hydrogen-bond donors (Lipinski definition) is 0. The second-order valence-electron chi connectivity index (χ2n) is 9.50. The van der Waals surface area contributed by atoms with Crippen LogP contribution >= 0.6 is 11.6 Å². The van der Waals surface area contributed by atoms with Crippen LogP contribution in [0.3, 0.4) is 0 Å². The molecule has 0 saturated carbocycles. The number of hydrogen-bond acceptors (Lipinski definition) is 4. The van der Waals surface area contributed by atoms with E-state index in [0.29, 0.717) is 32.5 Å². The molecule has 3 heterocycles. The highest BCUT2D eigenvalue weighted by molar-refractivity contribution is 7.89. The van der Waals surface area contributed by atoms with Crippen LogP contribution in [0.2, 0.25) is 5.02 Å². The maximum atomic E-state index is 13.4. The third-order valence-electron chi connectivity index (χ3n) is 7.19. The van der Waals surface area contributed by atoms with Crippen LogP contribution in [0.1, 0.15) is 51.4 Å². The van der Waals surface area contributed by atoms with Crippen LogP contribution in [0, 0.1) is 11.8 Å². The number of rotatable bonds is 4. The van der Waals surface area contributed by atoms with E-state index in [1.807, 2.05) is 4.90 Å². The number of carbonyl (C=O) groups is 2. The fourth-order valence-electron chi connectivity index (χ4n) is 5.34. The van der Waals surface area contributed by atoms with Crippen LogP contribution in [0.4, 0.5) is 0 Å². The van der Waals surface area contributed by atoms with Crippen molar-refractivity contribution in [2.24, 2.45) is 11.8 Å². The number of halogens is 1. The highest BCUT2D eigenvalue weighted by atomic mass is 35.5. The van der Waals surface area contributed by atoms with Crippen molar-refractivity contribution in [2.75, 3.05) is 39.3 Å². The molecule has 3 saturated heterocycles. The van der Waals surface area contributed by atoms with E-state index in [1.165, 1.54) is 23.2 Å². The molecule has 1 aromatic carbocycles. The summed E-state index contributed by atoms with van der Waals surface area (Å²) in [6, 6.07) is 6.42. The van der Waals surface area contributed by atoms with Crippen LogP contribution in [0.15, 0.2) is 29.2 Å². The van der Waals surface area contributed by atoms with Crippen LogP contribution in [-0.2, 0) is 19.6 Å². The lowest BCUT2D eigenvalue weighted by molar-refractivity contribution is -0.143. The quantitative estimate of drug-likeness (QED) is 0.641. The molecule has 7 nitrogen and oxygen atoms in total. The standard InChI is InChI=1S/C24H34ClN3O4S/c25-21-11-3-4-12-22(21)33(31,32)28-16-8-10-20(18-28)24(30)27-15-7-9-19(17-27)23(29)26-13-5-1-2-6-14-26/h3-4,11-12,19-20H,1-2,5-10,13-18H2. The molecule has 182 valence electrons. The van der Waals surface area contributed by atoms with Crippen molar-refractivity contribution in [3.05, 3.63) is 29.3 Å². The molecule has 0 bridgehead atoms. The Labute approximate surface area is 202 Å². The van der Waals surface area contributed by atoms with Gasteiger partial charge in [-0.05, 0) is 50.7 Å². The van der Waals surface area contributed by atoms with Gasteiger partial charge in [0.25, 0.3) is 0 Å². The first-order valence-electron chi connectivity index (χ1n) is 12.2. The van der Waals surface area contributed by atoms with Gasteiger partial charge in [0, 0.05) is 39.3 Å². The number of carbonyl (C=O) groups excluding carboxylic acids is 2. The SMILES string of the molecule is O=C(C1CCCN(C(=O)C2CCCN(S(=O)(=O)c3ccccc3Cl)C2)C1)N1CCCCCC1. The van der Waals surface area contributed by atoms with Crippen molar-refractivity contribution >= 4 is 33.4 Å². The summed E-state index contributed by atoms with van der Waals surface area (Å²) in [5.74, 6) is -0.376. The Bertz CT molecular complexity index is 962. The zero-order chi connectivity index (χ0) is 23.4. The third-order valence-corrected chi connectivity index (χ3v) is 9.55. The van der Waals surface area contributed by atoms with Gasteiger partial charge in [0.2, 0.25) is 21.8 Å². The van der Waals surface area contributed by atoms with Crippen LogP contribution < -0.4 is 0 Å². The molecule has 1 aromatic rings. The lowest BCUT2D eigenvalue weighted by Crippen LogP contribution is -2.51. The van der Waals surface area contributed by atoms with Crippen LogP contribution in [0.5, 0.6) is 0 Å². The molecule has 3 fully saturated rings. The van der Waals surface area contributed by atoms with Crippen molar-refractivity contribution < 1.29 is 18.0 Å². The fourth-order valence-corrected chi connectivity index (χ4v) is 7.36. The van der Waals surface area contributed by atoms with E-state index >= 15 is 0 Å². The van der Waals surface area contributed by atoms with Gasteiger partial charge in [0.1, 0.15) is 4.90 Å². The summed E-state index contributed by atoms with van der Waals surface area (Å²) in [6.07, 6.45) is 7.38. The molecule has 0 radical (unpaired) electrons. The summed E-state index contributed by atoms with van der Waals surface area (Å²) in [6.45, 7) is 3.26. The van der Waals surface area contributed by atoms with E-state index in [0.717, 1.165) is 38.8 Å². The Morgan fingerprint density at radius 1 is 0.758 bits per heavy atom. The topological polar surface area (TPSA) is 78.0 Å². The summed E-state index contributed by atoms with van der Waals surface area (Å²) < 4.78 is 27.7. The number of amides is 2. The minimum Gasteiger partial charge on any atom is -0.342 e. The van der Waals surface area contributed by atoms with Gasteiger partial charge >= 0.3 is 0 Å². The van der Waals surface area contributed by atoms with Gasteiger partial charge < -0.3 is 9.80 Å². The second-order valence-corrected chi connectivity index (χ2v) is 11.8. The molecular formula is C24H34ClN3O4S. The Morgan fingerprint density at radius 3 is 2.03 bits per heavy atom. The van der Waals surface area contributed by atoms with Crippen molar-refractivity contribution in [3.8, 4) is 0 Å². The van der Waals surface area contributed by atoms with Crippen molar-refractivity contribution in [3.63, 3.8) is 0 Å². The summed E-state index contributed by atoms with van der Waals surface area (Å²) >= 11 is 6.15. The molecule has 9 heteroatoms. The summed E-state index contributed by atoms with van der Waals surface area (Å²) in [7, 11) is -3.76. The molecule has 2 atom stereocenters. The monoisotopic (exact) mass is 495 g/mol. The molecule has 0 aromatic heterocycles. The Morgan fingerprint density at radius 2 is 1.33 bits per heavy atom. The first-order valence-corrected chi connectivity index (χ1v) is 14.0. The normalized spacial score (nSPS) is 25.5. The Hall–Kier alpha value is -1.64.